The third kappa shape index (κ3) is 4.28. The molecular formula is C11H18O5. The highest BCUT2D eigenvalue weighted by atomic mass is 16.7. The van der Waals surface area contributed by atoms with Crippen molar-refractivity contribution < 1.29 is 23.8 Å². The molecule has 0 aliphatic carbocycles. The fourth-order valence-corrected chi connectivity index (χ4v) is 1.53. The standard InChI is InChI=1S/C11H18O5/c1-3-14-10(13)8-9(12)4-5-11(2)15-6-7-16-11/h3-8H2,1-2H3. The van der Waals surface area contributed by atoms with Crippen molar-refractivity contribution in [3.05, 3.63) is 0 Å². The Balaban J connectivity index is 2.22. The number of ether oxygens (including phenoxy) is 3. The van der Waals surface area contributed by atoms with E-state index in [0.29, 0.717) is 26.2 Å². The average molecular weight is 230 g/mol. The molecule has 0 unspecified atom stereocenters. The van der Waals surface area contributed by atoms with E-state index >= 15 is 0 Å². The first kappa shape index (κ1) is 13.1. The van der Waals surface area contributed by atoms with Gasteiger partial charge in [-0.05, 0) is 13.8 Å². The van der Waals surface area contributed by atoms with Crippen LogP contribution in [0.3, 0.4) is 0 Å². The van der Waals surface area contributed by atoms with Gasteiger partial charge in [0.05, 0.1) is 19.8 Å². The predicted molar refractivity (Wildman–Crippen MR) is 55.8 cm³/mol. The van der Waals surface area contributed by atoms with Crippen LogP contribution in [0.4, 0.5) is 0 Å². The molecule has 0 bridgehead atoms. The molecule has 92 valence electrons. The van der Waals surface area contributed by atoms with Crippen LogP contribution < -0.4 is 0 Å². The first-order valence-corrected chi connectivity index (χ1v) is 5.51. The Morgan fingerprint density at radius 2 is 1.94 bits per heavy atom. The van der Waals surface area contributed by atoms with Gasteiger partial charge in [-0.1, -0.05) is 0 Å². The summed E-state index contributed by atoms with van der Waals surface area (Å²) in [6.07, 6.45) is 0.588. The van der Waals surface area contributed by atoms with Gasteiger partial charge in [0.2, 0.25) is 0 Å². The third-order valence-electron chi connectivity index (χ3n) is 2.40. The average Bonchev–Trinajstić information content (AvgIpc) is 2.63. The van der Waals surface area contributed by atoms with Crippen molar-refractivity contribution in [1.29, 1.82) is 0 Å². The fraction of sp³-hybridized carbons (Fsp3) is 0.818. The van der Waals surface area contributed by atoms with Crippen LogP contribution in [-0.4, -0.2) is 37.4 Å². The zero-order chi connectivity index (χ0) is 12.0. The molecule has 0 radical (unpaired) electrons. The van der Waals surface area contributed by atoms with E-state index in [9.17, 15) is 9.59 Å². The van der Waals surface area contributed by atoms with Crippen molar-refractivity contribution in [2.45, 2.75) is 38.9 Å². The number of rotatable bonds is 6. The summed E-state index contributed by atoms with van der Waals surface area (Å²) in [6, 6.07) is 0. The molecule has 5 nitrogen and oxygen atoms in total. The molecule has 1 aliphatic heterocycles. The number of ketones is 1. The maximum Gasteiger partial charge on any atom is 0.313 e. The third-order valence-corrected chi connectivity index (χ3v) is 2.40. The van der Waals surface area contributed by atoms with Crippen LogP contribution in [0.25, 0.3) is 0 Å². The molecule has 0 aromatic rings. The molecular weight excluding hydrogens is 212 g/mol. The molecule has 0 amide bonds. The number of hydrogen-bond donors (Lipinski definition) is 0. The lowest BCUT2D eigenvalue weighted by atomic mass is 10.1. The van der Waals surface area contributed by atoms with Crippen molar-refractivity contribution in [3.63, 3.8) is 0 Å². The minimum atomic E-state index is -0.662. The Bertz CT molecular complexity index is 255. The SMILES string of the molecule is CCOC(=O)CC(=O)CCC1(C)OCCO1. The maximum atomic E-state index is 11.4. The van der Waals surface area contributed by atoms with Gasteiger partial charge in [-0.2, -0.15) is 0 Å². The molecule has 0 atom stereocenters. The van der Waals surface area contributed by atoms with Gasteiger partial charge in [-0.3, -0.25) is 9.59 Å². The Hall–Kier alpha value is -0.940. The van der Waals surface area contributed by atoms with E-state index in [0.717, 1.165) is 0 Å². The van der Waals surface area contributed by atoms with E-state index in [-0.39, 0.29) is 18.6 Å². The summed E-state index contributed by atoms with van der Waals surface area (Å²) in [5, 5.41) is 0. The summed E-state index contributed by atoms with van der Waals surface area (Å²) in [7, 11) is 0. The maximum absolute atomic E-state index is 11.4. The lowest BCUT2D eigenvalue weighted by molar-refractivity contribution is -0.154. The van der Waals surface area contributed by atoms with E-state index < -0.39 is 11.8 Å². The number of carbonyl (C=O) groups excluding carboxylic acids is 2. The van der Waals surface area contributed by atoms with Crippen LogP contribution in [0.15, 0.2) is 0 Å². The smallest absolute Gasteiger partial charge is 0.313 e. The summed E-state index contributed by atoms with van der Waals surface area (Å²) >= 11 is 0. The molecule has 1 aliphatic rings. The van der Waals surface area contributed by atoms with Crippen LogP contribution in [0.1, 0.15) is 33.1 Å². The highest BCUT2D eigenvalue weighted by molar-refractivity contribution is 5.95. The molecule has 1 rings (SSSR count). The van der Waals surface area contributed by atoms with Crippen LogP contribution in [0, 0.1) is 0 Å². The lowest BCUT2D eigenvalue weighted by Gasteiger charge is -2.21. The van der Waals surface area contributed by atoms with Gasteiger partial charge < -0.3 is 14.2 Å². The van der Waals surface area contributed by atoms with Crippen molar-refractivity contribution in [2.75, 3.05) is 19.8 Å². The number of esters is 1. The van der Waals surface area contributed by atoms with E-state index in [1.165, 1.54) is 0 Å². The van der Waals surface area contributed by atoms with E-state index in [1.807, 2.05) is 0 Å². The van der Waals surface area contributed by atoms with Crippen molar-refractivity contribution in [3.8, 4) is 0 Å². The van der Waals surface area contributed by atoms with Gasteiger partial charge in [0.25, 0.3) is 0 Å². The minimum Gasteiger partial charge on any atom is -0.466 e. The van der Waals surface area contributed by atoms with Crippen molar-refractivity contribution in [1.82, 2.24) is 0 Å². The van der Waals surface area contributed by atoms with Gasteiger partial charge in [-0.25, -0.2) is 0 Å². The molecule has 16 heavy (non-hydrogen) atoms. The molecule has 1 heterocycles. The summed E-state index contributed by atoms with van der Waals surface area (Å²) in [5.74, 6) is -1.27. The van der Waals surface area contributed by atoms with Crippen molar-refractivity contribution >= 4 is 11.8 Å². The zero-order valence-electron chi connectivity index (χ0n) is 9.78. The number of carbonyl (C=O) groups is 2. The topological polar surface area (TPSA) is 61.8 Å². The molecule has 0 aromatic carbocycles. The van der Waals surface area contributed by atoms with Crippen LogP contribution in [-0.2, 0) is 23.8 Å². The Morgan fingerprint density at radius 3 is 2.50 bits per heavy atom. The van der Waals surface area contributed by atoms with Gasteiger partial charge in [0, 0.05) is 12.8 Å². The van der Waals surface area contributed by atoms with Gasteiger partial charge >= 0.3 is 5.97 Å². The Morgan fingerprint density at radius 1 is 1.31 bits per heavy atom. The zero-order valence-corrected chi connectivity index (χ0v) is 9.78. The molecule has 0 spiro atoms. The first-order valence-electron chi connectivity index (χ1n) is 5.51. The lowest BCUT2D eigenvalue weighted by Crippen LogP contribution is -2.26. The van der Waals surface area contributed by atoms with E-state index in [2.05, 4.69) is 4.74 Å². The van der Waals surface area contributed by atoms with Gasteiger partial charge in [0.1, 0.15) is 12.2 Å². The van der Waals surface area contributed by atoms with Gasteiger partial charge in [0.15, 0.2) is 5.79 Å². The van der Waals surface area contributed by atoms with E-state index in [4.69, 9.17) is 9.47 Å². The summed E-state index contributed by atoms with van der Waals surface area (Å²) in [6.45, 7) is 4.93. The fourth-order valence-electron chi connectivity index (χ4n) is 1.53. The second kappa shape index (κ2) is 5.96. The predicted octanol–water partition coefficient (Wildman–Crippen LogP) is 1.05. The quantitative estimate of drug-likeness (QED) is 0.504. The second-order valence-electron chi connectivity index (χ2n) is 3.85. The van der Waals surface area contributed by atoms with Gasteiger partial charge in [-0.15, -0.1) is 0 Å². The molecule has 0 saturated carbocycles. The first-order chi connectivity index (χ1) is 7.56. The number of Topliss-reactive ketones (excluding diaryl/α,β-unsaturated/α-hetero) is 1. The Kier molecular flexibility index (Phi) is 4.89. The molecule has 5 heteroatoms. The van der Waals surface area contributed by atoms with Crippen LogP contribution in [0.2, 0.25) is 0 Å². The largest absolute Gasteiger partial charge is 0.466 e. The molecule has 1 saturated heterocycles. The van der Waals surface area contributed by atoms with Crippen molar-refractivity contribution in [2.24, 2.45) is 0 Å². The van der Waals surface area contributed by atoms with Crippen LogP contribution >= 0.6 is 0 Å². The molecule has 0 N–H and O–H groups in total. The number of hydrogen-bond acceptors (Lipinski definition) is 5. The van der Waals surface area contributed by atoms with E-state index in [1.54, 1.807) is 13.8 Å². The second-order valence-corrected chi connectivity index (χ2v) is 3.85. The molecule has 0 aromatic heterocycles. The highest BCUT2D eigenvalue weighted by Gasteiger charge is 2.31. The monoisotopic (exact) mass is 230 g/mol. The molecule has 1 fully saturated rings. The highest BCUT2D eigenvalue weighted by Crippen LogP contribution is 2.24. The Labute approximate surface area is 95.0 Å². The summed E-state index contributed by atoms with van der Waals surface area (Å²) in [4.78, 5) is 22.4. The van der Waals surface area contributed by atoms with Crippen LogP contribution in [0.5, 0.6) is 0 Å². The normalized spacial score (nSPS) is 18.4. The minimum absolute atomic E-state index is 0.140. The summed E-state index contributed by atoms with van der Waals surface area (Å²) in [5.41, 5.74) is 0. The summed E-state index contributed by atoms with van der Waals surface area (Å²) < 4.78 is 15.4.